The van der Waals surface area contributed by atoms with Crippen LogP contribution >= 0.6 is 0 Å². The van der Waals surface area contributed by atoms with E-state index in [1.807, 2.05) is 18.2 Å². The predicted octanol–water partition coefficient (Wildman–Crippen LogP) is 5.52. The minimum absolute atomic E-state index is 0.194. The van der Waals surface area contributed by atoms with Gasteiger partial charge in [-0.3, -0.25) is 4.79 Å². The fourth-order valence-corrected chi connectivity index (χ4v) is 4.71. The van der Waals surface area contributed by atoms with Crippen LogP contribution in [0.15, 0.2) is 84.9 Å². The summed E-state index contributed by atoms with van der Waals surface area (Å²) < 4.78 is 0. The molecule has 3 aromatic rings. The highest BCUT2D eigenvalue weighted by molar-refractivity contribution is 5.71. The van der Waals surface area contributed by atoms with Gasteiger partial charge >= 0.3 is 0 Å². The Labute approximate surface area is 191 Å². The number of amides is 1. The number of hydrogen-bond donors (Lipinski definition) is 1. The number of hydrogen-bond acceptors (Lipinski definition) is 3. The van der Waals surface area contributed by atoms with Gasteiger partial charge in [0.05, 0.1) is 0 Å². The van der Waals surface area contributed by atoms with Crippen LogP contribution < -0.4 is 10.3 Å². The van der Waals surface area contributed by atoms with Crippen LogP contribution in [-0.4, -0.2) is 30.4 Å². The second kappa shape index (κ2) is 11.0. The Balaban J connectivity index is 1.36. The smallest absolute Gasteiger partial charge is 0.249 e. The van der Waals surface area contributed by atoms with Crippen LogP contribution in [0.5, 0.6) is 5.75 Å². The minimum Gasteiger partial charge on any atom is -0.379 e. The highest BCUT2D eigenvalue weighted by atomic mass is 16.7. The maximum Gasteiger partial charge on any atom is 0.249 e. The molecule has 4 heteroatoms. The zero-order chi connectivity index (χ0) is 22.2. The Morgan fingerprint density at radius 3 is 2.06 bits per heavy atom. The molecular formula is C28H32N2O2. The van der Waals surface area contributed by atoms with Crippen molar-refractivity contribution in [2.24, 2.45) is 0 Å². The van der Waals surface area contributed by atoms with E-state index < -0.39 is 0 Å². The lowest BCUT2D eigenvalue weighted by molar-refractivity contribution is -0.125. The molecule has 1 N–H and O–H groups in total. The maximum absolute atomic E-state index is 11.2. The lowest BCUT2D eigenvalue weighted by atomic mass is 9.87. The molecule has 3 aromatic carbocycles. The van der Waals surface area contributed by atoms with E-state index in [4.69, 9.17) is 4.84 Å². The van der Waals surface area contributed by atoms with E-state index in [-0.39, 0.29) is 5.91 Å². The first-order valence-corrected chi connectivity index (χ1v) is 11.6. The first-order chi connectivity index (χ1) is 15.7. The molecule has 1 fully saturated rings. The summed E-state index contributed by atoms with van der Waals surface area (Å²) in [6.45, 7) is 4.70. The molecule has 4 rings (SSSR count). The average Bonchev–Trinajstić information content (AvgIpc) is 2.85. The number of likely N-dealkylation sites (tertiary alicyclic amines) is 1. The topological polar surface area (TPSA) is 41.6 Å². The Hall–Kier alpha value is -3.11. The zero-order valence-corrected chi connectivity index (χ0v) is 18.7. The van der Waals surface area contributed by atoms with E-state index >= 15 is 0 Å². The van der Waals surface area contributed by atoms with E-state index in [2.05, 4.69) is 77.1 Å². The van der Waals surface area contributed by atoms with Crippen molar-refractivity contribution in [3.8, 4) is 5.75 Å². The Kier molecular flexibility index (Phi) is 7.57. The number of carbonyl (C=O) groups is 1. The minimum atomic E-state index is -0.194. The maximum atomic E-state index is 11.2. The second-order valence-electron chi connectivity index (χ2n) is 8.58. The van der Waals surface area contributed by atoms with Crippen molar-refractivity contribution >= 4 is 5.91 Å². The van der Waals surface area contributed by atoms with Crippen molar-refractivity contribution in [2.45, 2.75) is 38.0 Å². The fourth-order valence-electron chi connectivity index (χ4n) is 4.71. The Morgan fingerprint density at radius 1 is 0.906 bits per heavy atom. The summed E-state index contributed by atoms with van der Waals surface area (Å²) in [5, 5.41) is 0. The fraction of sp³-hybridized carbons (Fsp3) is 0.321. The van der Waals surface area contributed by atoms with Crippen LogP contribution in [0.2, 0.25) is 0 Å². The summed E-state index contributed by atoms with van der Waals surface area (Å²) in [5.74, 6) is 1.44. The largest absolute Gasteiger partial charge is 0.379 e. The molecule has 1 amide bonds. The molecule has 0 bridgehead atoms. The average molecular weight is 429 g/mol. The molecule has 32 heavy (non-hydrogen) atoms. The number of nitrogens with zero attached hydrogens (tertiary/aromatic N) is 1. The SMILES string of the molecule is CC(=O)NOc1ccccc1C1CCN(CCC(c2ccccc2)c2ccccc2)CC1. The summed E-state index contributed by atoms with van der Waals surface area (Å²) in [6.07, 6.45) is 3.31. The monoisotopic (exact) mass is 428 g/mol. The lowest BCUT2D eigenvalue weighted by Gasteiger charge is -2.33. The summed E-state index contributed by atoms with van der Waals surface area (Å²) >= 11 is 0. The first-order valence-electron chi connectivity index (χ1n) is 11.6. The van der Waals surface area contributed by atoms with Crippen LogP contribution in [0, 0.1) is 0 Å². The van der Waals surface area contributed by atoms with Crippen molar-refractivity contribution < 1.29 is 9.63 Å². The van der Waals surface area contributed by atoms with Crippen molar-refractivity contribution in [3.05, 3.63) is 102 Å². The molecule has 1 aliphatic rings. The van der Waals surface area contributed by atoms with Gasteiger partial charge in [0.2, 0.25) is 5.91 Å². The van der Waals surface area contributed by atoms with Crippen LogP contribution in [-0.2, 0) is 4.79 Å². The Bertz CT molecular complexity index is 943. The van der Waals surface area contributed by atoms with E-state index in [9.17, 15) is 4.79 Å². The third-order valence-corrected chi connectivity index (χ3v) is 6.39. The third-order valence-electron chi connectivity index (χ3n) is 6.39. The molecule has 0 aromatic heterocycles. The van der Waals surface area contributed by atoms with Gasteiger partial charge in [-0.25, -0.2) is 0 Å². The van der Waals surface area contributed by atoms with Gasteiger partial charge in [0.15, 0.2) is 5.75 Å². The van der Waals surface area contributed by atoms with Gasteiger partial charge in [-0.1, -0.05) is 78.9 Å². The third kappa shape index (κ3) is 5.77. The highest BCUT2D eigenvalue weighted by Gasteiger charge is 2.24. The van der Waals surface area contributed by atoms with Gasteiger partial charge in [-0.15, -0.1) is 0 Å². The van der Waals surface area contributed by atoms with Gasteiger partial charge in [0, 0.05) is 18.4 Å². The van der Waals surface area contributed by atoms with Gasteiger partial charge in [-0.05, 0) is 62.0 Å². The van der Waals surface area contributed by atoms with Crippen LogP contribution in [0.25, 0.3) is 0 Å². The molecule has 0 saturated carbocycles. The molecule has 1 saturated heterocycles. The summed E-state index contributed by atoms with van der Waals surface area (Å²) in [5.41, 5.74) is 6.43. The summed E-state index contributed by atoms with van der Waals surface area (Å²) in [7, 11) is 0. The number of para-hydroxylation sites is 1. The molecule has 0 aliphatic carbocycles. The Morgan fingerprint density at radius 2 is 1.47 bits per heavy atom. The number of benzene rings is 3. The zero-order valence-electron chi connectivity index (χ0n) is 18.7. The molecule has 0 radical (unpaired) electrons. The molecule has 166 valence electrons. The molecule has 0 atom stereocenters. The van der Waals surface area contributed by atoms with E-state index in [1.165, 1.54) is 23.6 Å². The van der Waals surface area contributed by atoms with Crippen LogP contribution in [0.1, 0.15) is 54.7 Å². The normalized spacial score (nSPS) is 14.9. The van der Waals surface area contributed by atoms with Gasteiger partial charge in [0.25, 0.3) is 0 Å². The summed E-state index contributed by atoms with van der Waals surface area (Å²) in [4.78, 5) is 19.4. The second-order valence-corrected chi connectivity index (χ2v) is 8.58. The number of piperidine rings is 1. The molecule has 4 nitrogen and oxygen atoms in total. The van der Waals surface area contributed by atoms with Gasteiger partial charge in [0.1, 0.15) is 0 Å². The number of nitrogens with one attached hydrogen (secondary N) is 1. The van der Waals surface area contributed by atoms with E-state index in [0.29, 0.717) is 11.8 Å². The van der Waals surface area contributed by atoms with E-state index in [0.717, 1.165) is 44.6 Å². The van der Waals surface area contributed by atoms with Crippen molar-refractivity contribution in [2.75, 3.05) is 19.6 Å². The lowest BCUT2D eigenvalue weighted by Crippen LogP contribution is -2.34. The number of hydroxylamine groups is 1. The summed E-state index contributed by atoms with van der Waals surface area (Å²) in [6, 6.07) is 29.8. The number of carbonyl (C=O) groups excluding carboxylic acids is 1. The highest BCUT2D eigenvalue weighted by Crippen LogP contribution is 2.35. The van der Waals surface area contributed by atoms with Crippen molar-refractivity contribution in [1.82, 2.24) is 10.4 Å². The molecular weight excluding hydrogens is 396 g/mol. The van der Waals surface area contributed by atoms with Crippen molar-refractivity contribution in [1.29, 1.82) is 0 Å². The van der Waals surface area contributed by atoms with E-state index in [1.54, 1.807) is 0 Å². The van der Waals surface area contributed by atoms with Crippen LogP contribution in [0.3, 0.4) is 0 Å². The molecule has 0 unspecified atom stereocenters. The van der Waals surface area contributed by atoms with Crippen molar-refractivity contribution in [3.63, 3.8) is 0 Å². The van der Waals surface area contributed by atoms with Gasteiger partial charge < -0.3 is 9.74 Å². The molecule has 0 spiro atoms. The number of rotatable bonds is 8. The first kappa shape index (κ1) is 22.1. The predicted molar refractivity (Wildman–Crippen MR) is 129 cm³/mol. The molecule has 1 aliphatic heterocycles. The van der Waals surface area contributed by atoms with Gasteiger partial charge in [-0.2, -0.15) is 5.48 Å². The quantitative estimate of drug-likeness (QED) is 0.481. The molecule has 1 heterocycles. The standard InChI is InChI=1S/C28H32N2O2/c1-22(31)29-32-28-15-9-8-14-27(28)25-16-19-30(20-17-25)21-18-26(23-10-4-2-5-11-23)24-12-6-3-7-13-24/h2-15,25-26H,16-21H2,1H3,(H,29,31). The van der Waals surface area contributed by atoms with Crippen LogP contribution in [0.4, 0.5) is 0 Å².